The van der Waals surface area contributed by atoms with Gasteiger partial charge in [-0.3, -0.25) is 9.69 Å². The highest BCUT2D eigenvalue weighted by atomic mass is 32.2. The molecule has 192 valence electrons. The smallest absolute Gasteiger partial charge is 0.266 e. The molecule has 0 unspecified atom stereocenters. The molecule has 0 radical (unpaired) electrons. The minimum Gasteiger partial charge on any atom is -0.372 e. The molecule has 2 aliphatic heterocycles. The number of piperidine rings is 1. The Bertz CT molecular complexity index is 1380. The van der Waals surface area contributed by atoms with Crippen molar-refractivity contribution in [3.05, 3.63) is 81.5 Å². The first-order valence-corrected chi connectivity index (χ1v) is 14.1. The topological polar surface area (TPSA) is 40.8 Å². The van der Waals surface area contributed by atoms with Crippen molar-refractivity contribution < 1.29 is 4.79 Å². The number of hydrogen-bond acceptors (Lipinski definition) is 4. The van der Waals surface area contributed by atoms with Gasteiger partial charge in [0.1, 0.15) is 0 Å². The van der Waals surface area contributed by atoms with Crippen LogP contribution in [0.3, 0.4) is 0 Å². The molecule has 0 spiro atoms. The van der Waals surface area contributed by atoms with Crippen molar-refractivity contribution in [1.82, 2.24) is 9.47 Å². The van der Waals surface area contributed by atoms with Crippen molar-refractivity contribution in [2.75, 3.05) is 25.0 Å². The average molecular weight is 513 g/mol. The number of rotatable bonds is 5. The van der Waals surface area contributed by atoms with Crippen LogP contribution in [-0.4, -0.2) is 40.7 Å². The van der Waals surface area contributed by atoms with E-state index in [2.05, 4.69) is 85.7 Å². The molecule has 5 nitrogen and oxygen atoms in total. The molecule has 3 heterocycles. The molecular weight excluding hydrogens is 476 g/mol. The fourth-order valence-electron chi connectivity index (χ4n) is 5.40. The normalized spacial score (nSPS) is 18.5. The maximum absolute atomic E-state index is 13.1. The Morgan fingerprint density at radius 3 is 2.43 bits per heavy atom. The van der Waals surface area contributed by atoms with Crippen molar-refractivity contribution >= 4 is 40.3 Å². The molecule has 0 N–H and O–H groups in total. The van der Waals surface area contributed by atoms with Gasteiger partial charge in [0, 0.05) is 37.2 Å². The van der Waals surface area contributed by atoms with Gasteiger partial charge in [0.15, 0.2) is 5.17 Å². The summed E-state index contributed by atoms with van der Waals surface area (Å²) in [5, 5.41) is 0.711. The number of aromatic nitrogens is 1. The van der Waals surface area contributed by atoms with Crippen LogP contribution in [0.4, 0.5) is 11.4 Å². The van der Waals surface area contributed by atoms with Gasteiger partial charge in [-0.05, 0) is 111 Å². The molecule has 1 amide bonds. The van der Waals surface area contributed by atoms with Gasteiger partial charge in [-0.2, -0.15) is 0 Å². The largest absolute Gasteiger partial charge is 0.372 e. The first-order chi connectivity index (χ1) is 17.9. The Morgan fingerprint density at radius 2 is 1.73 bits per heavy atom. The fourth-order valence-corrected chi connectivity index (χ4v) is 6.37. The third kappa shape index (κ3) is 4.99. The van der Waals surface area contributed by atoms with E-state index in [1.165, 1.54) is 59.2 Å². The first kappa shape index (κ1) is 25.4. The summed E-state index contributed by atoms with van der Waals surface area (Å²) >= 11 is 1.45. The lowest BCUT2D eigenvalue weighted by molar-refractivity contribution is -0.121. The highest BCUT2D eigenvalue weighted by molar-refractivity contribution is 8.18. The standard InChI is InChI=1S/C31H36N4OS/c1-6-24-12-10-11-21(2)29(24)35-22(3)19-25(23(35)4)20-28-30(36)33(5)31(37-28)32-26-13-15-27(16-14-26)34-17-8-7-9-18-34/h10-16,19-20H,6-9,17-18H2,1-5H3/b28-20-,32-31?. The number of aryl methyl sites for hydroxylation is 3. The molecule has 2 saturated heterocycles. The predicted octanol–water partition coefficient (Wildman–Crippen LogP) is 7.19. The van der Waals surface area contributed by atoms with Crippen molar-refractivity contribution in [1.29, 1.82) is 0 Å². The number of para-hydroxylation sites is 1. The van der Waals surface area contributed by atoms with Crippen LogP contribution in [0.5, 0.6) is 0 Å². The minimum atomic E-state index is -0.0105. The number of hydrogen-bond donors (Lipinski definition) is 0. The van der Waals surface area contributed by atoms with Gasteiger partial charge in [0.05, 0.1) is 16.3 Å². The van der Waals surface area contributed by atoms with E-state index in [-0.39, 0.29) is 5.91 Å². The fraction of sp³-hybridized carbons (Fsp3) is 0.355. The lowest BCUT2D eigenvalue weighted by Crippen LogP contribution is -2.29. The first-order valence-electron chi connectivity index (χ1n) is 13.3. The molecule has 3 aromatic rings. The van der Waals surface area contributed by atoms with Gasteiger partial charge in [-0.25, -0.2) is 4.99 Å². The molecular formula is C31H36N4OS. The third-order valence-electron chi connectivity index (χ3n) is 7.48. The van der Waals surface area contributed by atoms with Crippen molar-refractivity contribution in [2.45, 2.75) is 53.4 Å². The lowest BCUT2D eigenvalue weighted by Gasteiger charge is -2.28. The van der Waals surface area contributed by atoms with E-state index >= 15 is 0 Å². The third-order valence-corrected chi connectivity index (χ3v) is 8.54. The summed E-state index contributed by atoms with van der Waals surface area (Å²) in [4.78, 5) is 22.8. The van der Waals surface area contributed by atoms with E-state index in [0.29, 0.717) is 10.1 Å². The Hall–Kier alpha value is -3.25. The number of nitrogens with zero attached hydrogens (tertiary/aromatic N) is 4. The number of likely N-dealkylation sites (N-methyl/N-ethyl adjacent to an activating group) is 1. The van der Waals surface area contributed by atoms with Crippen molar-refractivity contribution in [2.24, 2.45) is 4.99 Å². The molecule has 2 fully saturated rings. The second kappa shape index (κ2) is 10.6. The Balaban J connectivity index is 1.41. The number of carbonyl (C=O) groups excluding carboxylic acids is 1. The van der Waals surface area contributed by atoms with Crippen LogP contribution in [0.25, 0.3) is 11.8 Å². The van der Waals surface area contributed by atoms with Crippen LogP contribution in [0, 0.1) is 20.8 Å². The summed E-state index contributed by atoms with van der Waals surface area (Å²) in [6.45, 7) is 10.9. The quantitative estimate of drug-likeness (QED) is 0.340. The highest BCUT2D eigenvalue weighted by Gasteiger charge is 2.31. The zero-order chi connectivity index (χ0) is 26.1. The average Bonchev–Trinajstić information content (AvgIpc) is 3.33. The van der Waals surface area contributed by atoms with Crippen LogP contribution in [0.1, 0.15) is 54.3 Å². The highest BCUT2D eigenvalue weighted by Crippen LogP contribution is 2.35. The van der Waals surface area contributed by atoms with Gasteiger partial charge in [0.25, 0.3) is 5.91 Å². The van der Waals surface area contributed by atoms with Gasteiger partial charge in [-0.15, -0.1) is 0 Å². The number of amidine groups is 1. The molecule has 1 aromatic heterocycles. The van der Waals surface area contributed by atoms with Gasteiger partial charge in [-0.1, -0.05) is 25.1 Å². The van der Waals surface area contributed by atoms with Gasteiger partial charge >= 0.3 is 0 Å². The zero-order valence-electron chi connectivity index (χ0n) is 22.5. The van der Waals surface area contributed by atoms with E-state index in [0.717, 1.165) is 36.5 Å². The molecule has 37 heavy (non-hydrogen) atoms. The van der Waals surface area contributed by atoms with Crippen LogP contribution < -0.4 is 4.90 Å². The van der Waals surface area contributed by atoms with Gasteiger partial charge < -0.3 is 9.47 Å². The Kier molecular flexibility index (Phi) is 7.29. The molecule has 2 aromatic carbocycles. The number of benzene rings is 2. The molecule has 2 aliphatic rings. The maximum Gasteiger partial charge on any atom is 0.266 e. The molecule has 0 saturated carbocycles. The summed E-state index contributed by atoms with van der Waals surface area (Å²) in [7, 11) is 1.81. The van der Waals surface area contributed by atoms with E-state index in [1.807, 2.05) is 6.08 Å². The summed E-state index contributed by atoms with van der Waals surface area (Å²) in [6, 6.07) is 17.1. The number of thioether (sulfide) groups is 1. The summed E-state index contributed by atoms with van der Waals surface area (Å²) in [5.74, 6) is -0.0105. The summed E-state index contributed by atoms with van der Waals surface area (Å²) < 4.78 is 2.33. The maximum atomic E-state index is 13.1. The van der Waals surface area contributed by atoms with E-state index < -0.39 is 0 Å². The minimum absolute atomic E-state index is 0.0105. The van der Waals surface area contributed by atoms with E-state index in [4.69, 9.17) is 4.99 Å². The second-order valence-electron chi connectivity index (χ2n) is 10.0. The Morgan fingerprint density at radius 1 is 1.00 bits per heavy atom. The summed E-state index contributed by atoms with van der Waals surface area (Å²) in [5.41, 5.74) is 9.34. The predicted molar refractivity (Wildman–Crippen MR) is 157 cm³/mol. The van der Waals surface area contributed by atoms with E-state index in [1.54, 1.807) is 11.9 Å². The lowest BCUT2D eigenvalue weighted by atomic mass is 10.1. The molecule has 5 rings (SSSR count). The molecule has 0 aliphatic carbocycles. The van der Waals surface area contributed by atoms with Crippen molar-refractivity contribution in [3.63, 3.8) is 0 Å². The molecule has 0 bridgehead atoms. The number of amides is 1. The Labute approximate surface area is 224 Å². The molecule has 6 heteroatoms. The number of anilines is 1. The number of aliphatic imine (C=N–C) groups is 1. The van der Waals surface area contributed by atoms with E-state index in [9.17, 15) is 4.79 Å². The van der Waals surface area contributed by atoms with Crippen LogP contribution in [0.15, 0.2) is 58.4 Å². The number of carbonyl (C=O) groups is 1. The molecule has 0 atom stereocenters. The monoisotopic (exact) mass is 512 g/mol. The van der Waals surface area contributed by atoms with Crippen molar-refractivity contribution in [3.8, 4) is 5.69 Å². The van der Waals surface area contributed by atoms with Crippen LogP contribution in [0.2, 0.25) is 0 Å². The van der Waals surface area contributed by atoms with Crippen LogP contribution in [-0.2, 0) is 11.2 Å². The zero-order valence-corrected chi connectivity index (χ0v) is 23.4. The second-order valence-corrected chi connectivity index (χ2v) is 11.0. The summed E-state index contributed by atoms with van der Waals surface area (Å²) in [6.07, 6.45) is 6.84. The van der Waals surface area contributed by atoms with Crippen LogP contribution >= 0.6 is 11.8 Å². The van der Waals surface area contributed by atoms with Gasteiger partial charge in [0.2, 0.25) is 0 Å². The SMILES string of the molecule is CCc1cccc(C)c1-n1c(C)cc(/C=C2\SC(=Nc3ccc(N4CCCCC4)cc3)N(C)C2=O)c1C.